The minimum absolute atomic E-state index is 0.110. The number of aliphatic carboxylic acids is 1. The van der Waals surface area contributed by atoms with Crippen LogP contribution >= 0.6 is 0 Å². The standard InChI is InChI=1S/C12H21NO3/c1-9-3-2-4-12(6-9)8-16-10(7-13-12)5-11(14)15/h9-10,13H,2-8H2,1H3,(H,14,15). The number of carbonyl (C=O) groups is 1. The fourth-order valence-corrected chi connectivity index (χ4v) is 3.00. The topological polar surface area (TPSA) is 58.6 Å². The molecule has 0 radical (unpaired) electrons. The van der Waals surface area contributed by atoms with Crippen molar-refractivity contribution >= 4 is 5.97 Å². The molecular formula is C12H21NO3. The van der Waals surface area contributed by atoms with E-state index in [-0.39, 0.29) is 18.1 Å². The maximum atomic E-state index is 10.6. The molecule has 1 heterocycles. The van der Waals surface area contributed by atoms with Gasteiger partial charge in [-0.05, 0) is 18.8 Å². The summed E-state index contributed by atoms with van der Waals surface area (Å²) in [6, 6.07) is 0. The van der Waals surface area contributed by atoms with Crippen molar-refractivity contribution < 1.29 is 14.6 Å². The predicted octanol–water partition coefficient (Wildman–Crippen LogP) is 1.40. The quantitative estimate of drug-likeness (QED) is 0.748. The number of hydrogen-bond donors (Lipinski definition) is 2. The molecule has 2 rings (SSSR count). The summed E-state index contributed by atoms with van der Waals surface area (Å²) >= 11 is 0. The van der Waals surface area contributed by atoms with Crippen molar-refractivity contribution in [3.63, 3.8) is 0 Å². The van der Waals surface area contributed by atoms with Gasteiger partial charge in [-0.2, -0.15) is 0 Å². The molecule has 1 spiro atoms. The number of hydrogen-bond acceptors (Lipinski definition) is 3. The number of rotatable bonds is 2. The summed E-state index contributed by atoms with van der Waals surface area (Å²) in [6.45, 7) is 3.64. The van der Waals surface area contributed by atoms with Gasteiger partial charge in [-0.1, -0.05) is 19.8 Å². The van der Waals surface area contributed by atoms with Crippen LogP contribution in [-0.2, 0) is 9.53 Å². The van der Waals surface area contributed by atoms with Gasteiger partial charge >= 0.3 is 5.97 Å². The Labute approximate surface area is 96.4 Å². The van der Waals surface area contributed by atoms with Gasteiger partial charge in [0.15, 0.2) is 0 Å². The number of morpholine rings is 1. The normalized spacial score (nSPS) is 39.8. The van der Waals surface area contributed by atoms with Crippen molar-refractivity contribution in [3.8, 4) is 0 Å². The van der Waals surface area contributed by atoms with Gasteiger partial charge in [-0.25, -0.2) is 0 Å². The third kappa shape index (κ3) is 2.74. The van der Waals surface area contributed by atoms with Crippen LogP contribution < -0.4 is 5.32 Å². The first kappa shape index (κ1) is 11.9. The van der Waals surface area contributed by atoms with E-state index in [1.165, 1.54) is 12.8 Å². The average molecular weight is 227 g/mol. The maximum absolute atomic E-state index is 10.6. The summed E-state index contributed by atoms with van der Waals surface area (Å²) in [5, 5.41) is 12.2. The lowest BCUT2D eigenvalue weighted by Gasteiger charge is -2.45. The molecule has 1 saturated carbocycles. The molecule has 4 heteroatoms. The van der Waals surface area contributed by atoms with Crippen LogP contribution in [0.5, 0.6) is 0 Å². The number of carboxylic acid groups (broad SMARTS) is 1. The van der Waals surface area contributed by atoms with Gasteiger partial charge in [-0.3, -0.25) is 4.79 Å². The lowest BCUT2D eigenvalue weighted by Crippen LogP contribution is -2.59. The first-order valence-electron chi connectivity index (χ1n) is 6.18. The Bertz CT molecular complexity index is 259. The Morgan fingerprint density at radius 2 is 2.44 bits per heavy atom. The van der Waals surface area contributed by atoms with Gasteiger partial charge in [0.25, 0.3) is 0 Å². The summed E-state index contributed by atoms with van der Waals surface area (Å²) in [7, 11) is 0. The highest BCUT2D eigenvalue weighted by Gasteiger charge is 2.39. The van der Waals surface area contributed by atoms with Crippen molar-refractivity contribution in [2.24, 2.45) is 5.92 Å². The van der Waals surface area contributed by atoms with Gasteiger partial charge in [0.1, 0.15) is 0 Å². The predicted molar refractivity (Wildman–Crippen MR) is 60.4 cm³/mol. The fourth-order valence-electron chi connectivity index (χ4n) is 3.00. The minimum atomic E-state index is -0.778. The van der Waals surface area contributed by atoms with Crippen LogP contribution in [0.15, 0.2) is 0 Å². The zero-order chi connectivity index (χ0) is 11.6. The third-order valence-electron chi connectivity index (χ3n) is 3.79. The Hall–Kier alpha value is -0.610. The monoisotopic (exact) mass is 227 g/mol. The molecule has 1 aliphatic heterocycles. The molecule has 2 fully saturated rings. The van der Waals surface area contributed by atoms with E-state index in [9.17, 15) is 4.79 Å². The highest BCUT2D eigenvalue weighted by Crippen LogP contribution is 2.34. The molecule has 2 N–H and O–H groups in total. The molecule has 1 aliphatic carbocycles. The van der Waals surface area contributed by atoms with Crippen LogP contribution in [0.2, 0.25) is 0 Å². The molecular weight excluding hydrogens is 206 g/mol. The molecule has 16 heavy (non-hydrogen) atoms. The van der Waals surface area contributed by atoms with E-state index in [4.69, 9.17) is 9.84 Å². The van der Waals surface area contributed by atoms with E-state index in [0.29, 0.717) is 13.2 Å². The summed E-state index contributed by atoms with van der Waals surface area (Å²) in [5.41, 5.74) is 0.132. The molecule has 2 aliphatic rings. The lowest BCUT2D eigenvalue weighted by atomic mass is 9.76. The largest absolute Gasteiger partial charge is 0.481 e. The molecule has 0 amide bonds. The van der Waals surface area contributed by atoms with Crippen LogP contribution in [-0.4, -0.2) is 35.9 Å². The van der Waals surface area contributed by atoms with Crippen molar-refractivity contribution in [1.82, 2.24) is 5.32 Å². The van der Waals surface area contributed by atoms with E-state index in [2.05, 4.69) is 12.2 Å². The smallest absolute Gasteiger partial charge is 0.306 e. The van der Waals surface area contributed by atoms with Crippen LogP contribution in [0, 0.1) is 5.92 Å². The zero-order valence-electron chi connectivity index (χ0n) is 9.87. The van der Waals surface area contributed by atoms with Gasteiger partial charge in [0, 0.05) is 12.1 Å². The van der Waals surface area contributed by atoms with Gasteiger partial charge in [0.05, 0.1) is 19.1 Å². The number of nitrogens with one attached hydrogen (secondary N) is 1. The van der Waals surface area contributed by atoms with Crippen molar-refractivity contribution in [3.05, 3.63) is 0 Å². The molecule has 3 atom stereocenters. The summed E-state index contributed by atoms with van der Waals surface area (Å²) in [5.74, 6) is -0.0272. The maximum Gasteiger partial charge on any atom is 0.306 e. The number of ether oxygens (including phenoxy) is 1. The Morgan fingerprint density at radius 1 is 1.62 bits per heavy atom. The summed E-state index contributed by atoms with van der Waals surface area (Å²) in [4.78, 5) is 10.6. The van der Waals surface area contributed by atoms with Crippen LogP contribution in [0.1, 0.15) is 39.0 Å². The third-order valence-corrected chi connectivity index (χ3v) is 3.79. The molecule has 4 nitrogen and oxygen atoms in total. The summed E-state index contributed by atoms with van der Waals surface area (Å²) < 4.78 is 5.69. The number of carboxylic acids is 1. The van der Waals surface area contributed by atoms with Gasteiger partial charge < -0.3 is 15.2 Å². The van der Waals surface area contributed by atoms with E-state index in [1.54, 1.807) is 0 Å². The second kappa shape index (κ2) is 4.72. The van der Waals surface area contributed by atoms with Crippen molar-refractivity contribution in [1.29, 1.82) is 0 Å². The molecule has 0 bridgehead atoms. The Balaban J connectivity index is 1.86. The molecule has 1 saturated heterocycles. The van der Waals surface area contributed by atoms with E-state index >= 15 is 0 Å². The molecule has 0 aromatic heterocycles. The first-order chi connectivity index (χ1) is 7.60. The van der Waals surface area contributed by atoms with Crippen LogP contribution in [0.3, 0.4) is 0 Å². The van der Waals surface area contributed by atoms with Crippen molar-refractivity contribution in [2.75, 3.05) is 13.2 Å². The Kier molecular flexibility index (Phi) is 3.50. The van der Waals surface area contributed by atoms with E-state index in [1.807, 2.05) is 0 Å². The molecule has 0 aromatic carbocycles. The van der Waals surface area contributed by atoms with E-state index in [0.717, 1.165) is 18.8 Å². The Morgan fingerprint density at radius 3 is 3.00 bits per heavy atom. The van der Waals surface area contributed by atoms with Gasteiger partial charge in [-0.15, -0.1) is 0 Å². The second-order valence-electron chi connectivity index (χ2n) is 5.39. The van der Waals surface area contributed by atoms with Crippen LogP contribution in [0.4, 0.5) is 0 Å². The van der Waals surface area contributed by atoms with Gasteiger partial charge in [0.2, 0.25) is 0 Å². The highest BCUT2D eigenvalue weighted by molar-refractivity contribution is 5.67. The highest BCUT2D eigenvalue weighted by atomic mass is 16.5. The molecule has 0 aromatic rings. The summed E-state index contributed by atoms with van der Waals surface area (Å²) in [6.07, 6.45) is 4.84. The zero-order valence-corrected chi connectivity index (χ0v) is 9.87. The van der Waals surface area contributed by atoms with E-state index < -0.39 is 5.97 Å². The fraction of sp³-hybridized carbons (Fsp3) is 0.917. The molecule has 3 unspecified atom stereocenters. The molecule has 92 valence electrons. The second-order valence-corrected chi connectivity index (χ2v) is 5.39. The lowest BCUT2D eigenvalue weighted by molar-refractivity contribution is -0.142. The van der Waals surface area contributed by atoms with Crippen LogP contribution in [0.25, 0.3) is 0 Å². The van der Waals surface area contributed by atoms with Crippen molar-refractivity contribution in [2.45, 2.75) is 50.7 Å². The minimum Gasteiger partial charge on any atom is -0.481 e. The average Bonchev–Trinajstić information content (AvgIpc) is 2.21. The SMILES string of the molecule is CC1CCCC2(COC(CC(=O)O)CN2)C1. The first-order valence-corrected chi connectivity index (χ1v) is 6.18.